The zero-order chi connectivity index (χ0) is 13.4. The van der Waals surface area contributed by atoms with E-state index in [2.05, 4.69) is 27.4 Å². The number of hydrogen-bond acceptors (Lipinski definition) is 4. The van der Waals surface area contributed by atoms with Crippen molar-refractivity contribution in [3.8, 4) is 5.75 Å². The first-order valence-corrected chi connectivity index (χ1v) is 6.86. The summed E-state index contributed by atoms with van der Waals surface area (Å²) < 4.78 is 11.7. The molecular weight excluding hydrogens is 296 g/mol. The molecule has 1 aromatic rings. The second kappa shape index (κ2) is 8.48. The molecule has 1 rings (SSSR count). The zero-order valence-electron chi connectivity index (χ0n) is 10.9. The van der Waals surface area contributed by atoms with Crippen LogP contribution in [0.5, 0.6) is 5.75 Å². The number of rotatable bonds is 8. The van der Waals surface area contributed by atoms with Crippen LogP contribution >= 0.6 is 15.9 Å². The third-order valence-corrected chi connectivity index (χ3v) is 3.25. The summed E-state index contributed by atoms with van der Waals surface area (Å²) in [5.74, 6) is 6.46. The lowest BCUT2D eigenvalue weighted by Crippen LogP contribution is -2.37. The van der Waals surface area contributed by atoms with Crippen molar-refractivity contribution >= 4 is 15.9 Å². The molecule has 1 aromatic carbocycles. The maximum atomic E-state index is 5.57. The first-order valence-electron chi connectivity index (χ1n) is 6.07. The number of hydrazine groups is 1. The summed E-state index contributed by atoms with van der Waals surface area (Å²) >= 11 is 3.47. The SMILES string of the molecule is CCOCCC(Cc1cc(Br)ccc1OC)NN. The van der Waals surface area contributed by atoms with Crippen molar-refractivity contribution in [3.63, 3.8) is 0 Å². The summed E-state index contributed by atoms with van der Waals surface area (Å²) in [7, 11) is 1.68. The Morgan fingerprint density at radius 2 is 2.22 bits per heavy atom. The van der Waals surface area contributed by atoms with Gasteiger partial charge in [0.05, 0.1) is 7.11 Å². The number of nitrogens with one attached hydrogen (secondary N) is 1. The van der Waals surface area contributed by atoms with E-state index in [9.17, 15) is 0 Å². The molecule has 0 spiro atoms. The fourth-order valence-electron chi connectivity index (χ4n) is 1.79. The highest BCUT2D eigenvalue weighted by Crippen LogP contribution is 2.24. The highest BCUT2D eigenvalue weighted by Gasteiger charge is 2.11. The Morgan fingerprint density at radius 3 is 2.83 bits per heavy atom. The fraction of sp³-hybridized carbons (Fsp3) is 0.538. The fourth-order valence-corrected chi connectivity index (χ4v) is 2.19. The van der Waals surface area contributed by atoms with Crippen molar-refractivity contribution in [2.45, 2.75) is 25.8 Å². The first kappa shape index (κ1) is 15.4. The number of methoxy groups -OCH3 is 1. The quantitative estimate of drug-likeness (QED) is 0.439. The average Bonchev–Trinajstić information content (AvgIpc) is 2.38. The highest BCUT2D eigenvalue weighted by molar-refractivity contribution is 9.10. The van der Waals surface area contributed by atoms with Gasteiger partial charge in [0, 0.05) is 23.7 Å². The molecule has 5 heteroatoms. The second-order valence-electron chi connectivity index (χ2n) is 4.01. The Balaban J connectivity index is 2.65. The van der Waals surface area contributed by atoms with Gasteiger partial charge in [-0.25, -0.2) is 0 Å². The van der Waals surface area contributed by atoms with Crippen LogP contribution in [0.2, 0.25) is 0 Å². The molecule has 0 aliphatic heterocycles. The monoisotopic (exact) mass is 316 g/mol. The molecular formula is C13H21BrN2O2. The van der Waals surface area contributed by atoms with Gasteiger partial charge in [0.15, 0.2) is 0 Å². The molecule has 4 nitrogen and oxygen atoms in total. The molecule has 0 aromatic heterocycles. The number of halogens is 1. The van der Waals surface area contributed by atoms with Crippen LogP contribution in [-0.4, -0.2) is 26.4 Å². The van der Waals surface area contributed by atoms with Crippen LogP contribution in [0.15, 0.2) is 22.7 Å². The molecule has 0 radical (unpaired) electrons. The number of benzene rings is 1. The lowest BCUT2D eigenvalue weighted by atomic mass is 10.0. The molecule has 0 heterocycles. The van der Waals surface area contributed by atoms with Gasteiger partial charge in [0.2, 0.25) is 0 Å². The van der Waals surface area contributed by atoms with Gasteiger partial charge in [-0.3, -0.25) is 11.3 Å². The molecule has 0 aliphatic carbocycles. The Morgan fingerprint density at radius 1 is 1.44 bits per heavy atom. The third-order valence-electron chi connectivity index (χ3n) is 2.76. The molecule has 0 aliphatic rings. The van der Waals surface area contributed by atoms with E-state index in [1.165, 1.54) is 0 Å². The summed E-state index contributed by atoms with van der Waals surface area (Å²) in [5, 5.41) is 0. The van der Waals surface area contributed by atoms with E-state index in [0.29, 0.717) is 6.61 Å². The molecule has 0 saturated carbocycles. The van der Waals surface area contributed by atoms with Crippen LogP contribution in [0.1, 0.15) is 18.9 Å². The Bertz CT molecular complexity index is 361. The Hall–Kier alpha value is -0.620. The van der Waals surface area contributed by atoms with Gasteiger partial charge in [-0.05, 0) is 43.5 Å². The van der Waals surface area contributed by atoms with Crippen molar-refractivity contribution < 1.29 is 9.47 Å². The molecule has 102 valence electrons. The van der Waals surface area contributed by atoms with Crippen LogP contribution in [0, 0.1) is 0 Å². The van der Waals surface area contributed by atoms with Gasteiger partial charge in [0.1, 0.15) is 5.75 Å². The Kier molecular flexibility index (Phi) is 7.27. The molecule has 0 amide bonds. The van der Waals surface area contributed by atoms with Crippen LogP contribution in [0.3, 0.4) is 0 Å². The van der Waals surface area contributed by atoms with Gasteiger partial charge in [-0.2, -0.15) is 0 Å². The van der Waals surface area contributed by atoms with Gasteiger partial charge >= 0.3 is 0 Å². The number of hydrogen-bond donors (Lipinski definition) is 2. The Labute approximate surface area is 117 Å². The first-order chi connectivity index (χ1) is 8.71. The van der Waals surface area contributed by atoms with Crippen LogP contribution < -0.4 is 16.0 Å². The smallest absolute Gasteiger partial charge is 0.122 e. The van der Waals surface area contributed by atoms with E-state index < -0.39 is 0 Å². The van der Waals surface area contributed by atoms with E-state index in [4.69, 9.17) is 15.3 Å². The maximum absolute atomic E-state index is 5.57. The maximum Gasteiger partial charge on any atom is 0.122 e. The van der Waals surface area contributed by atoms with Gasteiger partial charge in [-0.15, -0.1) is 0 Å². The molecule has 0 saturated heterocycles. The summed E-state index contributed by atoms with van der Waals surface area (Å²) in [5.41, 5.74) is 3.96. The predicted molar refractivity (Wildman–Crippen MR) is 76.6 cm³/mol. The van der Waals surface area contributed by atoms with Crippen LogP contribution in [0.4, 0.5) is 0 Å². The predicted octanol–water partition coefficient (Wildman–Crippen LogP) is 2.26. The van der Waals surface area contributed by atoms with Crippen molar-refractivity contribution in [2.75, 3.05) is 20.3 Å². The lowest BCUT2D eigenvalue weighted by molar-refractivity contribution is 0.136. The van der Waals surface area contributed by atoms with E-state index in [1.54, 1.807) is 7.11 Å². The molecule has 18 heavy (non-hydrogen) atoms. The summed E-state index contributed by atoms with van der Waals surface area (Å²) in [4.78, 5) is 0. The van der Waals surface area contributed by atoms with Crippen molar-refractivity contribution in [3.05, 3.63) is 28.2 Å². The van der Waals surface area contributed by atoms with Gasteiger partial charge in [-0.1, -0.05) is 15.9 Å². The van der Waals surface area contributed by atoms with Crippen LogP contribution in [-0.2, 0) is 11.2 Å². The van der Waals surface area contributed by atoms with Crippen molar-refractivity contribution in [2.24, 2.45) is 5.84 Å². The highest BCUT2D eigenvalue weighted by atomic mass is 79.9. The molecule has 0 fully saturated rings. The van der Waals surface area contributed by atoms with Crippen molar-refractivity contribution in [1.29, 1.82) is 0 Å². The minimum absolute atomic E-state index is 0.180. The number of ether oxygens (including phenoxy) is 2. The van der Waals surface area contributed by atoms with E-state index in [1.807, 2.05) is 19.1 Å². The summed E-state index contributed by atoms with van der Waals surface area (Å²) in [6.07, 6.45) is 1.69. The molecule has 3 N–H and O–H groups in total. The zero-order valence-corrected chi connectivity index (χ0v) is 12.5. The van der Waals surface area contributed by atoms with Crippen LogP contribution in [0.25, 0.3) is 0 Å². The van der Waals surface area contributed by atoms with E-state index in [-0.39, 0.29) is 6.04 Å². The lowest BCUT2D eigenvalue weighted by Gasteiger charge is -2.17. The average molecular weight is 317 g/mol. The minimum atomic E-state index is 0.180. The summed E-state index contributed by atoms with van der Waals surface area (Å²) in [6, 6.07) is 6.16. The molecule has 1 atom stereocenters. The summed E-state index contributed by atoms with van der Waals surface area (Å²) in [6.45, 7) is 3.43. The van der Waals surface area contributed by atoms with Gasteiger partial charge < -0.3 is 9.47 Å². The van der Waals surface area contributed by atoms with Gasteiger partial charge in [0.25, 0.3) is 0 Å². The minimum Gasteiger partial charge on any atom is -0.496 e. The molecule has 1 unspecified atom stereocenters. The van der Waals surface area contributed by atoms with E-state index in [0.717, 1.165) is 35.2 Å². The normalized spacial score (nSPS) is 12.4. The third kappa shape index (κ3) is 4.94. The molecule has 0 bridgehead atoms. The van der Waals surface area contributed by atoms with E-state index >= 15 is 0 Å². The standard InChI is InChI=1S/C13H21BrN2O2/c1-3-18-7-6-12(16-15)9-10-8-11(14)4-5-13(10)17-2/h4-5,8,12,16H,3,6-7,9,15H2,1-2H3. The largest absolute Gasteiger partial charge is 0.496 e. The topological polar surface area (TPSA) is 56.5 Å². The van der Waals surface area contributed by atoms with Crippen molar-refractivity contribution in [1.82, 2.24) is 5.43 Å². The number of nitrogens with two attached hydrogens (primary N) is 1. The second-order valence-corrected chi connectivity index (χ2v) is 4.93.